The Morgan fingerprint density at radius 2 is 1.78 bits per heavy atom. The Morgan fingerprint density at radius 1 is 1.08 bits per heavy atom. The molecule has 0 bridgehead atoms. The molecule has 2 rings (SSSR count). The number of benzene rings is 2. The van der Waals surface area contributed by atoms with Crippen molar-refractivity contribution < 1.29 is 22.7 Å². The summed E-state index contributed by atoms with van der Waals surface area (Å²) in [6.07, 6.45) is 1.46. The number of sulfonamides is 1. The maximum absolute atomic E-state index is 13.8. The second-order valence-electron chi connectivity index (χ2n) is 9.50. The molecule has 0 radical (unpaired) electrons. The van der Waals surface area contributed by atoms with Gasteiger partial charge in [0.05, 0.1) is 19.1 Å². The number of hydrogen-bond donors (Lipinski definition) is 1. The summed E-state index contributed by atoms with van der Waals surface area (Å²) in [6, 6.07) is 11.9. The second kappa shape index (κ2) is 12.8. The molecule has 0 fully saturated rings. The van der Waals surface area contributed by atoms with Gasteiger partial charge >= 0.3 is 0 Å². The summed E-state index contributed by atoms with van der Waals surface area (Å²) < 4.78 is 32.0. The highest BCUT2D eigenvalue weighted by molar-refractivity contribution is 7.92. The van der Waals surface area contributed by atoms with Crippen molar-refractivity contribution in [1.29, 1.82) is 0 Å². The minimum absolute atomic E-state index is 0.133. The van der Waals surface area contributed by atoms with Crippen LogP contribution in [0.5, 0.6) is 5.75 Å². The van der Waals surface area contributed by atoms with Crippen LogP contribution in [0.1, 0.15) is 43.9 Å². The number of anilines is 1. The first-order valence-electron chi connectivity index (χ1n) is 12.1. The number of amides is 2. The zero-order chi connectivity index (χ0) is 27.0. The normalized spacial score (nSPS) is 12.2. The number of carbonyl (C=O) groups excluding carboxylic acids is 2. The van der Waals surface area contributed by atoms with Crippen LogP contribution in [0.3, 0.4) is 0 Å². The molecule has 2 aromatic rings. The summed E-state index contributed by atoms with van der Waals surface area (Å²) in [5, 5.41) is 2.92. The average Bonchev–Trinajstić information content (AvgIpc) is 2.80. The van der Waals surface area contributed by atoms with Crippen molar-refractivity contribution in [2.24, 2.45) is 5.92 Å². The first kappa shape index (κ1) is 29.2. The van der Waals surface area contributed by atoms with Crippen LogP contribution in [0.2, 0.25) is 0 Å². The Hall–Kier alpha value is -3.07. The fraction of sp³-hybridized carbons (Fsp3) is 0.481. The maximum atomic E-state index is 13.8. The molecule has 0 aliphatic heterocycles. The molecule has 0 heterocycles. The van der Waals surface area contributed by atoms with Crippen LogP contribution in [-0.4, -0.2) is 57.6 Å². The first-order chi connectivity index (χ1) is 16.9. The highest BCUT2D eigenvalue weighted by Crippen LogP contribution is 2.25. The van der Waals surface area contributed by atoms with Crippen molar-refractivity contribution in [3.05, 3.63) is 59.2 Å². The van der Waals surface area contributed by atoms with Crippen LogP contribution in [-0.2, 0) is 26.2 Å². The summed E-state index contributed by atoms with van der Waals surface area (Å²) in [4.78, 5) is 28.3. The smallest absolute Gasteiger partial charge is 0.244 e. The molecule has 8 nitrogen and oxygen atoms in total. The minimum atomic E-state index is -3.77. The van der Waals surface area contributed by atoms with E-state index in [1.54, 1.807) is 25.3 Å². The Balaban J connectivity index is 2.47. The van der Waals surface area contributed by atoms with E-state index in [2.05, 4.69) is 5.32 Å². The molecule has 1 N–H and O–H groups in total. The number of methoxy groups -OCH3 is 1. The summed E-state index contributed by atoms with van der Waals surface area (Å²) in [7, 11) is -2.21. The van der Waals surface area contributed by atoms with E-state index in [0.717, 1.165) is 27.3 Å². The highest BCUT2D eigenvalue weighted by Gasteiger charge is 2.32. The number of nitrogens with one attached hydrogen (secondary N) is 1. The molecule has 2 aromatic carbocycles. The van der Waals surface area contributed by atoms with Crippen LogP contribution < -0.4 is 14.4 Å². The zero-order valence-corrected chi connectivity index (χ0v) is 23.2. The van der Waals surface area contributed by atoms with Gasteiger partial charge in [0.15, 0.2) is 0 Å². The van der Waals surface area contributed by atoms with Crippen LogP contribution >= 0.6 is 0 Å². The topological polar surface area (TPSA) is 96.0 Å². The SMILES string of the molecule is CC[C@@H](C(=O)NCC(C)C)N(Cc1cccc(OC)c1)C(=O)CN(c1ccc(C)cc1C)S(C)(=O)=O. The van der Waals surface area contributed by atoms with E-state index in [-0.39, 0.29) is 18.4 Å². The number of ether oxygens (including phenoxy) is 1. The van der Waals surface area contributed by atoms with Crippen LogP contribution in [0, 0.1) is 19.8 Å². The lowest BCUT2D eigenvalue weighted by atomic mass is 10.1. The van der Waals surface area contributed by atoms with Crippen LogP contribution in [0.15, 0.2) is 42.5 Å². The molecule has 0 saturated carbocycles. The first-order valence-corrected chi connectivity index (χ1v) is 14.0. The lowest BCUT2D eigenvalue weighted by Gasteiger charge is -2.33. The number of aryl methyl sites for hydroxylation is 2. The Kier molecular flexibility index (Phi) is 10.3. The van der Waals surface area contributed by atoms with Gasteiger partial charge in [0.1, 0.15) is 18.3 Å². The molecular formula is C27H39N3O5S. The quantitative estimate of drug-likeness (QED) is 0.464. The van der Waals surface area contributed by atoms with E-state index < -0.39 is 28.5 Å². The summed E-state index contributed by atoms with van der Waals surface area (Å²) >= 11 is 0. The van der Waals surface area contributed by atoms with E-state index in [4.69, 9.17) is 4.74 Å². The minimum Gasteiger partial charge on any atom is -0.497 e. The van der Waals surface area contributed by atoms with Crippen molar-refractivity contribution in [3.8, 4) is 5.75 Å². The van der Waals surface area contributed by atoms with Gasteiger partial charge < -0.3 is 15.0 Å². The molecule has 198 valence electrons. The number of rotatable bonds is 12. The Morgan fingerprint density at radius 3 is 2.33 bits per heavy atom. The molecule has 0 aliphatic carbocycles. The maximum Gasteiger partial charge on any atom is 0.244 e. The molecule has 1 atom stereocenters. The number of hydrogen-bond acceptors (Lipinski definition) is 5. The van der Waals surface area contributed by atoms with Gasteiger partial charge in [-0.15, -0.1) is 0 Å². The van der Waals surface area contributed by atoms with E-state index in [1.165, 1.54) is 4.90 Å². The van der Waals surface area contributed by atoms with Gasteiger partial charge in [-0.25, -0.2) is 8.42 Å². The van der Waals surface area contributed by atoms with E-state index in [0.29, 0.717) is 24.4 Å². The highest BCUT2D eigenvalue weighted by atomic mass is 32.2. The molecule has 0 unspecified atom stereocenters. The summed E-state index contributed by atoms with van der Waals surface area (Å²) in [6.45, 7) is 9.76. The predicted octanol–water partition coefficient (Wildman–Crippen LogP) is 3.66. The van der Waals surface area contributed by atoms with E-state index in [1.807, 2.05) is 58.9 Å². The third-order valence-corrected chi connectivity index (χ3v) is 6.98. The zero-order valence-electron chi connectivity index (χ0n) is 22.4. The van der Waals surface area contributed by atoms with Crippen LogP contribution in [0.4, 0.5) is 5.69 Å². The number of carbonyl (C=O) groups is 2. The van der Waals surface area contributed by atoms with Gasteiger partial charge in [-0.3, -0.25) is 13.9 Å². The third kappa shape index (κ3) is 7.98. The fourth-order valence-corrected chi connectivity index (χ4v) is 4.90. The van der Waals surface area contributed by atoms with E-state index >= 15 is 0 Å². The monoisotopic (exact) mass is 517 g/mol. The van der Waals surface area contributed by atoms with Crippen molar-refractivity contribution >= 4 is 27.5 Å². The molecule has 0 spiro atoms. The largest absolute Gasteiger partial charge is 0.497 e. The summed E-state index contributed by atoms with van der Waals surface area (Å²) in [5.74, 6) is 0.152. The van der Waals surface area contributed by atoms with Crippen LogP contribution in [0.25, 0.3) is 0 Å². The lowest BCUT2D eigenvalue weighted by Crippen LogP contribution is -2.52. The molecule has 0 saturated heterocycles. The third-order valence-electron chi connectivity index (χ3n) is 5.86. The van der Waals surface area contributed by atoms with Gasteiger partial charge in [-0.05, 0) is 55.5 Å². The van der Waals surface area contributed by atoms with Crippen molar-refractivity contribution in [1.82, 2.24) is 10.2 Å². The fourth-order valence-electron chi connectivity index (χ4n) is 3.99. The van der Waals surface area contributed by atoms with Crippen molar-refractivity contribution in [2.45, 2.75) is 53.6 Å². The molecular weight excluding hydrogens is 478 g/mol. The van der Waals surface area contributed by atoms with Gasteiger partial charge in [0.2, 0.25) is 21.8 Å². The van der Waals surface area contributed by atoms with Crippen molar-refractivity contribution in [3.63, 3.8) is 0 Å². The van der Waals surface area contributed by atoms with Gasteiger partial charge in [0, 0.05) is 13.1 Å². The van der Waals surface area contributed by atoms with E-state index in [9.17, 15) is 18.0 Å². The summed E-state index contributed by atoms with van der Waals surface area (Å²) in [5.41, 5.74) is 2.95. The van der Waals surface area contributed by atoms with Gasteiger partial charge in [-0.2, -0.15) is 0 Å². The van der Waals surface area contributed by atoms with Gasteiger partial charge in [-0.1, -0.05) is 50.6 Å². The van der Waals surface area contributed by atoms with Gasteiger partial charge in [0.25, 0.3) is 0 Å². The standard InChI is InChI=1S/C27H39N3O5S/c1-8-24(27(32)28-16-19(2)3)29(17-22-10-9-11-23(15-22)35-6)26(31)18-30(36(7,33)34)25-13-12-20(4)14-21(25)5/h9-15,19,24H,8,16-18H2,1-7H3,(H,28,32)/t24-/m0/s1. The molecule has 0 aromatic heterocycles. The Bertz CT molecular complexity index is 1160. The predicted molar refractivity (Wildman–Crippen MR) is 144 cm³/mol. The Labute approximate surface area is 215 Å². The molecule has 9 heteroatoms. The molecule has 36 heavy (non-hydrogen) atoms. The van der Waals surface area contributed by atoms with Crippen molar-refractivity contribution in [2.75, 3.05) is 30.8 Å². The average molecular weight is 518 g/mol. The molecule has 2 amide bonds. The lowest BCUT2D eigenvalue weighted by molar-refractivity contribution is -0.140. The second-order valence-corrected chi connectivity index (χ2v) is 11.4. The number of nitrogens with zero attached hydrogens (tertiary/aromatic N) is 2. The molecule has 0 aliphatic rings.